The van der Waals surface area contributed by atoms with Crippen LogP contribution in [-0.2, 0) is 0 Å². The summed E-state index contributed by atoms with van der Waals surface area (Å²) in [5, 5.41) is 19.8. The number of furan rings is 1. The molecule has 0 spiro atoms. The molecule has 13 aromatic heterocycles. The maximum atomic E-state index is 4.96. The number of hydrogen-bond acceptors (Lipinski definition) is 18. The highest BCUT2D eigenvalue weighted by molar-refractivity contribution is 7.10. The second kappa shape index (κ2) is 47.7. The van der Waals surface area contributed by atoms with Crippen LogP contribution in [0.5, 0.6) is 0 Å². The first-order chi connectivity index (χ1) is 45.0. The number of rotatable bonds is 0. The van der Waals surface area contributed by atoms with Gasteiger partial charge >= 0.3 is 0 Å². The van der Waals surface area contributed by atoms with Crippen molar-refractivity contribution in [2.75, 3.05) is 0 Å². The van der Waals surface area contributed by atoms with E-state index >= 15 is 0 Å². The van der Waals surface area contributed by atoms with Crippen LogP contribution in [0.2, 0.25) is 0 Å². The summed E-state index contributed by atoms with van der Waals surface area (Å²) in [6.07, 6.45) is 22.8. The monoisotopic (exact) mass is 1350 g/mol. The lowest BCUT2D eigenvalue weighted by Gasteiger charge is -1.92. The van der Waals surface area contributed by atoms with E-state index < -0.39 is 0 Å². The molecule has 0 aliphatic heterocycles. The van der Waals surface area contributed by atoms with E-state index in [0.717, 1.165) is 74.0 Å². The van der Waals surface area contributed by atoms with Crippen molar-refractivity contribution in [3.8, 4) is 0 Å². The largest absolute Gasteiger partial charge is 0.469 e. The zero-order valence-corrected chi connectivity index (χ0v) is 63.5. The van der Waals surface area contributed by atoms with Crippen LogP contribution in [0.1, 0.15) is 144 Å². The lowest BCUT2D eigenvalue weighted by molar-refractivity contribution is 0.396. The Hall–Kier alpha value is -9.18. The first-order valence-electron chi connectivity index (χ1n) is 30.7. The number of aromatic amines is 3. The summed E-state index contributed by atoms with van der Waals surface area (Å²) < 4.78 is 18.5. The highest BCUT2D eigenvalue weighted by atomic mass is 32.1. The number of pyridine rings is 2. The highest BCUT2D eigenvalue weighted by Gasteiger charge is 1.96. The third kappa shape index (κ3) is 37.3. The van der Waals surface area contributed by atoms with Gasteiger partial charge in [0.2, 0.25) is 0 Å². The molecular weight excluding hydrogens is 1240 g/mol. The second-order valence-electron chi connectivity index (χ2n) is 22.0. The van der Waals surface area contributed by atoms with Gasteiger partial charge in [-0.2, -0.15) is 15.3 Å². The standard InChI is InChI=1S/2C7H9N.2C6H8N2.C6H9N.C6H8O.C6H8S.2C5H8N2.2C5H7NO.2C5H7NS/c1-6-3-4-8-5-7(6)2;1-6-4-3-5-8-7(6)2;1-5-3-7-4-8-6(5)2;1-5-3-4-7-8-6(5)2;3*1-5-3-4-7-6(5)2;1-4-5(2)7-3-6-4;1-4-3-6-7-5(4)2;1-4-5(2)7-3-6-4;1-4-3-6-7-5(4)2;1-4-5(2)7-3-6-4;1-4-3-6-7-5(4)2/h2*3-5H,1-2H3;2*3-4H,1-2H3;3-4,7H,1-2H3;2*3-4H,1-2H3;2*3H,1-2H3,(H,6,7);4*3H,1-2H3. The van der Waals surface area contributed by atoms with Crippen LogP contribution in [0.3, 0.4) is 0 Å². The van der Waals surface area contributed by atoms with Crippen molar-refractivity contribution >= 4 is 34.2 Å². The summed E-state index contributed by atoms with van der Waals surface area (Å²) in [6, 6.07) is 14.1. The molecule has 0 saturated carbocycles. The van der Waals surface area contributed by atoms with Crippen LogP contribution < -0.4 is 0 Å². The molecule has 18 nitrogen and oxygen atoms in total. The zero-order chi connectivity index (χ0) is 71.4. The number of H-pyrrole nitrogens is 3. The molecule has 0 aliphatic carbocycles. The molecule has 0 saturated heterocycles. The van der Waals surface area contributed by atoms with Crippen molar-refractivity contribution in [3.63, 3.8) is 0 Å². The van der Waals surface area contributed by atoms with E-state index in [1.165, 1.54) is 76.8 Å². The maximum absolute atomic E-state index is 4.96. The molecule has 0 atom stereocenters. The Kier molecular flexibility index (Phi) is 42.1. The van der Waals surface area contributed by atoms with E-state index in [4.69, 9.17) is 13.4 Å². The Morgan fingerprint density at radius 3 is 1.29 bits per heavy atom. The zero-order valence-electron chi connectivity index (χ0n) is 61.0. The molecule has 0 radical (unpaired) electrons. The summed E-state index contributed by atoms with van der Waals surface area (Å²) >= 11 is 5.05. The summed E-state index contributed by atoms with van der Waals surface area (Å²) in [6.45, 7) is 52.5. The molecule has 0 aromatic carbocycles. The third-order valence-corrected chi connectivity index (χ3v) is 17.1. The number of aromatic nitrogens is 15. The van der Waals surface area contributed by atoms with Crippen molar-refractivity contribution in [1.29, 1.82) is 0 Å². The van der Waals surface area contributed by atoms with Gasteiger partial charge in [-0.1, -0.05) is 11.2 Å². The fourth-order valence-corrected chi connectivity index (χ4v) is 7.60. The SMILES string of the molecule is Cc1cc[nH]c1C.Cc1cccnc1C.Cc1ccncc1C.Cc1ccnnc1C.Cc1ccoc1C.Cc1ccsc1C.Cc1cn[nH]c1C.Cc1cncnc1C.Cc1cnoc1C.Cc1cnsc1C.Cc1nc[nH]c1C.Cc1ncoc1C.Cc1ncsc1C. The van der Waals surface area contributed by atoms with E-state index in [2.05, 4.69) is 168 Å². The maximum Gasteiger partial charge on any atom is 0.181 e. The van der Waals surface area contributed by atoms with Crippen LogP contribution in [0.15, 0.2) is 148 Å². The second-order valence-corrected chi connectivity index (χ2v) is 25.2. The van der Waals surface area contributed by atoms with Crippen molar-refractivity contribution in [1.82, 2.24) is 74.8 Å². The first kappa shape index (κ1) is 83.8. The number of nitrogens with zero attached hydrogens (tertiary/aromatic N) is 12. The number of thiophene rings is 1. The number of aryl methyl sites for hydroxylation is 26. The van der Waals surface area contributed by atoms with Gasteiger partial charge in [-0.25, -0.2) is 29.3 Å². The number of nitrogens with one attached hydrogen (secondary N) is 3. The minimum absolute atomic E-state index is 0.903. The quantitative estimate of drug-likeness (QED) is 0.128. The molecule has 21 heteroatoms. The number of thiazole rings is 1. The normalized spacial score (nSPS) is 9.37. The number of oxazole rings is 1. The van der Waals surface area contributed by atoms with Crippen molar-refractivity contribution in [2.45, 2.75) is 180 Å². The minimum Gasteiger partial charge on any atom is -0.469 e. The van der Waals surface area contributed by atoms with Gasteiger partial charge < -0.3 is 23.3 Å². The van der Waals surface area contributed by atoms with Gasteiger partial charge in [0.15, 0.2) is 6.39 Å². The summed E-state index contributed by atoms with van der Waals surface area (Å²) in [5.74, 6) is 2.82. The van der Waals surface area contributed by atoms with Crippen molar-refractivity contribution < 1.29 is 13.4 Å². The van der Waals surface area contributed by atoms with Gasteiger partial charge in [-0.3, -0.25) is 15.1 Å². The van der Waals surface area contributed by atoms with Gasteiger partial charge in [0.05, 0.1) is 53.3 Å². The highest BCUT2D eigenvalue weighted by Crippen LogP contribution is 2.13. The average Bonchev–Trinajstić information content (AvgIpc) is 4.58. The van der Waals surface area contributed by atoms with Gasteiger partial charge in [-0.05, 0) is 289 Å². The van der Waals surface area contributed by atoms with E-state index in [1.807, 2.05) is 184 Å². The van der Waals surface area contributed by atoms with E-state index in [0.29, 0.717) is 0 Å². The van der Waals surface area contributed by atoms with Gasteiger partial charge in [0, 0.05) is 92.0 Å². The van der Waals surface area contributed by atoms with Crippen molar-refractivity contribution in [2.24, 2.45) is 0 Å². The molecule has 13 heterocycles. The lowest BCUT2D eigenvalue weighted by atomic mass is 10.2. The Morgan fingerprint density at radius 2 is 1.07 bits per heavy atom. The van der Waals surface area contributed by atoms with Crippen molar-refractivity contribution in [3.05, 3.63) is 279 Å². The Bertz CT molecular complexity index is 3110. The molecule has 13 aromatic rings. The molecule has 510 valence electrons. The van der Waals surface area contributed by atoms with Crippen LogP contribution in [0.4, 0.5) is 0 Å². The molecule has 0 fully saturated rings. The minimum atomic E-state index is 0.903. The molecular formula is C74H103N15O3S3. The topological polar surface area (TPSA) is 241 Å². The van der Waals surface area contributed by atoms with E-state index in [9.17, 15) is 0 Å². The van der Waals surface area contributed by atoms with Crippen LogP contribution in [0.25, 0.3) is 0 Å². The first-order valence-corrected chi connectivity index (χ1v) is 33.3. The van der Waals surface area contributed by atoms with Crippen LogP contribution >= 0.6 is 34.2 Å². The Morgan fingerprint density at radius 1 is 0.389 bits per heavy atom. The fourth-order valence-electron chi connectivity index (χ4n) is 5.71. The number of imidazole rings is 1. The van der Waals surface area contributed by atoms with Gasteiger partial charge in [0.1, 0.15) is 23.6 Å². The van der Waals surface area contributed by atoms with Gasteiger partial charge in [0.25, 0.3) is 0 Å². The van der Waals surface area contributed by atoms with Gasteiger partial charge in [-0.15, -0.1) is 22.7 Å². The molecule has 0 amide bonds. The Labute approximate surface area is 577 Å². The molecule has 0 unspecified atom stereocenters. The predicted octanol–water partition coefficient (Wildman–Crippen LogP) is 19.6. The average molecular weight is 1350 g/mol. The molecule has 13 rings (SSSR count). The Balaban J connectivity index is 0.000000515. The summed E-state index contributed by atoms with van der Waals surface area (Å²) in [7, 11) is 0. The lowest BCUT2D eigenvalue weighted by Crippen LogP contribution is -1.86. The van der Waals surface area contributed by atoms with Crippen LogP contribution in [-0.4, -0.2) is 74.8 Å². The number of hydrogen-bond donors (Lipinski definition) is 3. The van der Waals surface area contributed by atoms with Crippen LogP contribution in [0, 0.1) is 180 Å². The smallest absolute Gasteiger partial charge is 0.181 e. The fraction of sp³-hybridized carbons (Fsp3) is 0.351. The van der Waals surface area contributed by atoms with E-state index in [-0.39, 0.29) is 0 Å². The third-order valence-electron chi connectivity index (χ3n) is 14.5. The molecule has 0 aliphatic rings. The molecule has 0 bridgehead atoms. The predicted molar refractivity (Wildman–Crippen MR) is 394 cm³/mol. The van der Waals surface area contributed by atoms with E-state index in [1.54, 1.807) is 65.5 Å². The molecule has 95 heavy (non-hydrogen) atoms. The summed E-state index contributed by atoms with van der Waals surface area (Å²) in [4.78, 5) is 37.8. The summed E-state index contributed by atoms with van der Waals surface area (Å²) in [5.41, 5.74) is 25.6. The molecule has 3 N–H and O–H groups in total.